The Hall–Kier alpha value is -2.30. The quantitative estimate of drug-likeness (QED) is 0.392. The van der Waals surface area contributed by atoms with Crippen LogP contribution in [0.2, 0.25) is 0 Å². The van der Waals surface area contributed by atoms with Gasteiger partial charge in [-0.1, -0.05) is 58.9 Å². The van der Waals surface area contributed by atoms with Gasteiger partial charge in [-0.3, -0.25) is 9.59 Å². The van der Waals surface area contributed by atoms with Crippen molar-refractivity contribution < 1.29 is 19.1 Å². The number of thioether (sulfide) groups is 1. The molecule has 162 valence electrons. The zero-order valence-electron chi connectivity index (χ0n) is 17.8. The molecule has 0 aromatic heterocycles. The Morgan fingerprint density at radius 2 is 2.00 bits per heavy atom. The predicted molar refractivity (Wildman–Crippen MR) is 125 cm³/mol. The smallest absolute Gasteiger partial charge is 0.310 e. The van der Waals surface area contributed by atoms with E-state index in [2.05, 4.69) is 22.0 Å². The maximum atomic E-state index is 12.9. The second kappa shape index (κ2) is 9.46. The summed E-state index contributed by atoms with van der Waals surface area (Å²) in [7, 11) is 0. The molecule has 1 unspecified atom stereocenters. The zero-order valence-corrected chi connectivity index (χ0v) is 20.2. The number of nitrogens with zero attached hydrogens (tertiary/aromatic N) is 1. The van der Waals surface area contributed by atoms with Crippen LogP contribution in [0.5, 0.6) is 5.75 Å². The number of benzene rings is 2. The van der Waals surface area contributed by atoms with Gasteiger partial charge in [0.15, 0.2) is 0 Å². The number of hydrogen-bond donors (Lipinski definition) is 0. The lowest BCUT2D eigenvalue weighted by atomic mass is 9.90. The van der Waals surface area contributed by atoms with E-state index in [9.17, 15) is 14.9 Å². The van der Waals surface area contributed by atoms with Crippen molar-refractivity contribution in [2.24, 2.45) is 5.92 Å². The molecule has 5 nitrogen and oxygen atoms in total. The molecular formula is C24H24BrNO4S. The van der Waals surface area contributed by atoms with E-state index in [1.54, 1.807) is 31.2 Å². The average Bonchev–Trinajstić information content (AvgIpc) is 2.74. The van der Waals surface area contributed by atoms with Gasteiger partial charge in [0.25, 0.3) is 0 Å². The van der Waals surface area contributed by atoms with Crippen molar-refractivity contribution in [2.75, 3.05) is 5.75 Å². The fraction of sp³-hybridized carbons (Fsp3) is 0.375. The molecule has 0 amide bonds. The van der Waals surface area contributed by atoms with Gasteiger partial charge in [-0.05, 0) is 44.5 Å². The molecule has 0 N–H and O–H groups in total. The molecule has 0 bridgehead atoms. The maximum absolute atomic E-state index is 12.9. The second-order valence-corrected chi connectivity index (χ2v) is 10.1. The number of halogens is 1. The highest BCUT2D eigenvalue weighted by Crippen LogP contribution is 2.45. The molecule has 0 radical (unpaired) electrons. The van der Waals surface area contributed by atoms with Crippen LogP contribution < -0.4 is 4.74 Å². The van der Waals surface area contributed by atoms with E-state index in [1.165, 1.54) is 0 Å². The van der Waals surface area contributed by atoms with Gasteiger partial charge in [-0.15, -0.1) is 0 Å². The van der Waals surface area contributed by atoms with E-state index in [4.69, 9.17) is 9.47 Å². The minimum Gasteiger partial charge on any atom is -0.486 e. The monoisotopic (exact) mass is 501 g/mol. The van der Waals surface area contributed by atoms with Gasteiger partial charge in [0, 0.05) is 16.9 Å². The maximum Gasteiger partial charge on any atom is 0.310 e. The number of alkyl halides is 1. The van der Waals surface area contributed by atoms with Gasteiger partial charge in [0.2, 0.25) is 5.12 Å². The Morgan fingerprint density at radius 1 is 1.29 bits per heavy atom. The number of carbonyl (C=O) groups is 2. The van der Waals surface area contributed by atoms with Crippen molar-refractivity contribution in [2.45, 2.75) is 44.2 Å². The average molecular weight is 502 g/mol. The van der Waals surface area contributed by atoms with Crippen molar-refractivity contribution in [1.82, 2.24) is 0 Å². The summed E-state index contributed by atoms with van der Waals surface area (Å²) in [5.41, 5.74) is 2.06. The lowest BCUT2D eigenvalue weighted by Gasteiger charge is -2.41. The first kappa shape index (κ1) is 23.4. The van der Waals surface area contributed by atoms with E-state index in [-0.39, 0.29) is 9.94 Å². The predicted octanol–water partition coefficient (Wildman–Crippen LogP) is 5.60. The third kappa shape index (κ3) is 5.13. The zero-order chi connectivity index (χ0) is 22.8. The molecule has 2 aromatic rings. The van der Waals surface area contributed by atoms with Gasteiger partial charge in [0.05, 0.1) is 22.4 Å². The number of hydrogen-bond acceptors (Lipinski definition) is 6. The van der Waals surface area contributed by atoms with Crippen molar-refractivity contribution in [3.63, 3.8) is 0 Å². The lowest BCUT2D eigenvalue weighted by molar-refractivity contribution is -0.156. The minimum atomic E-state index is -0.620. The number of aryl methyl sites for hydroxylation is 1. The number of rotatable bonds is 5. The highest BCUT2D eigenvalue weighted by molar-refractivity contribution is 9.09. The number of nitriles is 1. The van der Waals surface area contributed by atoms with Crippen LogP contribution in [0, 0.1) is 24.2 Å². The Kier molecular flexibility index (Phi) is 7.13. The molecule has 0 spiro atoms. The summed E-state index contributed by atoms with van der Waals surface area (Å²) in [6.07, 6.45) is -0.612. The first-order valence-corrected chi connectivity index (χ1v) is 11.8. The summed E-state index contributed by atoms with van der Waals surface area (Å²) in [5.74, 6) is 0.0300. The van der Waals surface area contributed by atoms with Crippen LogP contribution in [-0.2, 0) is 9.53 Å². The number of esters is 1. The van der Waals surface area contributed by atoms with Gasteiger partial charge >= 0.3 is 5.97 Å². The van der Waals surface area contributed by atoms with E-state index in [0.29, 0.717) is 28.2 Å². The van der Waals surface area contributed by atoms with Gasteiger partial charge in [0.1, 0.15) is 17.5 Å². The molecule has 3 atom stereocenters. The van der Waals surface area contributed by atoms with Gasteiger partial charge in [-0.2, -0.15) is 5.26 Å². The molecule has 1 heterocycles. The van der Waals surface area contributed by atoms with Crippen LogP contribution in [0.4, 0.5) is 0 Å². The van der Waals surface area contributed by atoms with E-state index < -0.39 is 23.6 Å². The SMILES string of the molecule is Cc1ccccc1C(=O)SCC(C)C(=O)O[C@H]1c2cc(C#N)ccc2OC(C)(C)[C@@H]1Br. The van der Waals surface area contributed by atoms with E-state index in [1.807, 2.05) is 39.0 Å². The molecule has 0 aliphatic carbocycles. The third-order valence-electron chi connectivity index (χ3n) is 5.22. The van der Waals surface area contributed by atoms with Crippen LogP contribution >= 0.6 is 27.7 Å². The highest BCUT2D eigenvalue weighted by Gasteiger charge is 2.45. The summed E-state index contributed by atoms with van der Waals surface area (Å²) >= 11 is 4.74. The van der Waals surface area contributed by atoms with Crippen LogP contribution in [0.15, 0.2) is 42.5 Å². The molecular weight excluding hydrogens is 478 g/mol. The fourth-order valence-electron chi connectivity index (χ4n) is 3.31. The highest BCUT2D eigenvalue weighted by atomic mass is 79.9. The van der Waals surface area contributed by atoms with Crippen LogP contribution in [-0.4, -0.2) is 27.3 Å². The lowest BCUT2D eigenvalue weighted by Crippen LogP contribution is -2.47. The normalized spacial score (nSPS) is 20.0. The molecule has 1 aliphatic rings. The minimum absolute atomic E-state index is 0.0627. The third-order valence-corrected chi connectivity index (χ3v) is 7.95. The number of fused-ring (bicyclic) bond motifs is 1. The largest absolute Gasteiger partial charge is 0.486 e. The first-order chi connectivity index (χ1) is 14.6. The van der Waals surface area contributed by atoms with E-state index >= 15 is 0 Å². The summed E-state index contributed by atoms with van der Waals surface area (Å²) in [5, 5.41) is 9.19. The Bertz CT molecular complexity index is 1050. The number of ether oxygens (including phenoxy) is 2. The molecule has 7 heteroatoms. The van der Waals surface area contributed by atoms with Crippen molar-refractivity contribution in [1.29, 1.82) is 5.26 Å². The molecule has 0 fully saturated rings. The fourth-order valence-corrected chi connectivity index (χ4v) is 4.72. The standard InChI is InChI=1S/C24H24BrNO4S/c1-14-7-5-6-8-17(14)23(28)31-13-15(2)22(27)29-20-18-11-16(12-26)9-10-19(18)30-24(3,4)21(20)25/h5-11,15,20-21H,13H2,1-4H3/t15?,20-,21+/m0/s1. The molecule has 0 saturated heterocycles. The summed E-state index contributed by atoms with van der Waals surface area (Å²) < 4.78 is 11.9. The summed E-state index contributed by atoms with van der Waals surface area (Å²) in [6.45, 7) is 7.46. The second-order valence-electron chi connectivity index (χ2n) is 8.14. The van der Waals surface area contributed by atoms with Crippen molar-refractivity contribution in [3.05, 3.63) is 64.7 Å². The van der Waals surface area contributed by atoms with Crippen LogP contribution in [0.3, 0.4) is 0 Å². The molecule has 3 rings (SSSR count). The van der Waals surface area contributed by atoms with Gasteiger partial charge < -0.3 is 9.47 Å². The number of carbonyl (C=O) groups excluding carboxylic acids is 2. The summed E-state index contributed by atoms with van der Waals surface area (Å²) in [6, 6.07) is 14.6. The van der Waals surface area contributed by atoms with Crippen molar-refractivity contribution in [3.8, 4) is 11.8 Å². The molecule has 1 aliphatic heterocycles. The molecule has 31 heavy (non-hydrogen) atoms. The first-order valence-electron chi connectivity index (χ1n) is 9.94. The van der Waals surface area contributed by atoms with Crippen LogP contribution in [0.25, 0.3) is 0 Å². The topological polar surface area (TPSA) is 76.4 Å². The Morgan fingerprint density at radius 3 is 2.68 bits per heavy atom. The Balaban J connectivity index is 1.72. The van der Waals surface area contributed by atoms with Gasteiger partial charge in [-0.25, -0.2) is 0 Å². The Labute approximate surface area is 195 Å². The molecule has 0 saturated carbocycles. The summed E-state index contributed by atoms with van der Waals surface area (Å²) in [4.78, 5) is 25.1. The van der Waals surface area contributed by atoms with Crippen LogP contribution in [0.1, 0.15) is 53.9 Å². The molecule has 2 aromatic carbocycles. The van der Waals surface area contributed by atoms with E-state index in [0.717, 1.165) is 17.3 Å². The van der Waals surface area contributed by atoms with Crippen molar-refractivity contribution >= 4 is 38.8 Å².